The van der Waals surface area contributed by atoms with Crippen LogP contribution in [-0.4, -0.2) is 36.7 Å². The highest BCUT2D eigenvalue weighted by molar-refractivity contribution is 7.09. The van der Waals surface area contributed by atoms with Gasteiger partial charge in [0.1, 0.15) is 17.6 Å². The number of ether oxygens (including phenoxy) is 1. The summed E-state index contributed by atoms with van der Waals surface area (Å²) in [6, 6.07) is 15.0. The minimum atomic E-state index is -0.549. The van der Waals surface area contributed by atoms with Crippen molar-refractivity contribution >= 4 is 22.2 Å². The number of aromatic amines is 1. The van der Waals surface area contributed by atoms with Crippen molar-refractivity contribution in [2.45, 2.75) is 58.8 Å². The zero-order chi connectivity index (χ0) is 26.7. The summed E-state index contributed by atoms with van der Waals surface area (Å²) in [4.78, 5) is 20.1. The number of rotatable bonds is 11. The Bertz CT molecular complexity index is 1500. The van der Waals surface area contributed by atoms with Crippen LogP contribution in [0.1, 0.15) is 62.2 Å². The van der Waals surface area contributed by atoms with Crippen molar-refractivity contribution in [2.24, 2.45) is 0 Å². The average molecular weight is 533 g/mol. The van der Waals surface area contributed by atoms with Crippen LogP contribution in [0.25, 0.3) is 10.9 Å². The van der Waals surface area contributed by atoms with E-state index in [0.29, 0.717) is 31.1 Å². The van der Waals surface area contributed by atoms with Crippen molar-refractivity contribution in [2.75, 3.05) is 6.61 Å². The van der Waals surface area contributed by atoms with E-state index in [9.17, 15) is 4.79 Å². The fourth-order valence-corrected chi connectivity index (χ4v) is 5.28. The number of pyridine rings is 1. The van der Waals surface area contributed by atoms with Crippen molar-refractivity contribution in [3.05, 3.63) is 92.6 Å². The third kappa shape index (κ3) is 5.27. The van der Waals surface area contributed by atoms with E-state index in [1.165, 1.54) is 0 Å². The minimum absolute atomic E-state index is 0.189. The first kappa shape index (κ1) is 25.9. The SMILES string of the molecule is CCOc1ccc2[nH]c(=O)c(C(c3nnnn3C(C)(C)CC)N(Cc3ccco3)Cc3cccs3)cc2c1. The zero-order valence-corrected chi connectivity index (χ0v) is 22.9. The average Bonchev–Trinajstić information content (AvgIpc) is 3.69. The highest BCUT2D eigenvalue weighted by Crippen LogP contribution is 2.33. The molecule has 1 atom stereocenters. The van der Waals surface area contributed by atoms with E-state index in [4.69, 9.17) is 9.15 Å². The molecule has 0 amide bonds. The number of nitrogens with zero attached hydrogens (tertiary/aromatic N) is 5. The number of fused-ring (bicyclic) bond motifs is 1. The second kappa shape index (κ2) is 10.9. The van der Waals surface area contributed by atoms with Crippen molar-refractivity contribution in [1.82, 2.24) is 30.1 Å². The van der Waals surface area contributed by atoms with Crippen LogP contribution in [0, 0.1) is 0 Å². The largest absolute Gasteiger partial charge is 0.494 e. The molecule has 0 aliphatic rings. The van der Waals surface area contributed by atoms with E-state index in [0.717, 1.165) is 33.7 Å². The number of nitrogens with one attached hydrogen (secondary N) is 1. The summed E-state index contributed by atoms with van der Waals surface area (Å²) in [7, 11) is 0. The molecule has 5 rings (SSSR count). The molecule has 38 heavy (non-hydrogen) atoms. The summed E-state index contributed by atoms with van der Waals surface area (Å²) in [5.74, 6) is 2.14. The Morgan fingerprint density at radius 1 is 1.16 bits per heavy atom. The third-order valence-corrected chi connectivity index (χ3v) is 7.73. The second-order valence-corrected chi connectivity index (χ2v) is 10.8. The van der Waals surface area contributed by atoms with E-state index in [1.807, 2.05) is 54.1 Å². The predicted molar refractivity (Wildman–Crippen MR) is 147 cm³/mol. The summed E-state index contributed by atoms with van der Waals surface area (Å²) in [5, 5.41) is 15.9. The number of benzene rings is 1. The lowest BCUT2D eigenvalue weighted by atomic mass is 9.99. The normalized spacial score (nSPS) is 12.9. The molecule has 5 aromatic rings. The molecule has 1 aromatic carbocycles. The number of thiophene rings is 1. The predicted octanol–water partition coefficient (Wildman–Crippen LogP) is 5.50. The van der Waals surface area contributed by atoms with Gasteiger partial charge in [0, 0.05) is 27.9 Å². The van der Waals surface area contributed by atoms with Gasteiger partial charge in [-0.25, -0.2) is 4.68 Å². The number of H-pyrrole nitrogens is 1. The smallest absolute Gasteiger partial charge is 0.253 e. The highest BCUT2D eigenvalue weighted by atomic mass is 32.1. The van der Waals surface area contributed by atoms with Gasteiger partial charge in [-0.3, -0.25) is 9.69 Å². The molecule has 1 N–H and O–H groups in total. The maximum absolute atomic E-state index is 13.7. The highest BCUT2D eigenvalue weighted by Gasteiger charge is 2.35. The molecule has 0 aliphatic carbocycles. The molecule has 1 unspecified atom stereocenters. The molecule has 4 heterocycles. The molecule has 0 bridgehead atoms. The summed E-state index contributed by atoms with van der Waals surface area (Å²) in [6.45, 7) is 9.85. The summed E-state index contributed by atoms with van der Waals surface area (Å²) < 4.78 is 13.3. The van der Waals surface area contributed by atoms with Gasteiger partial charge >= 0.3 is 0 Å². The van der Waals surface area contributed by atoms with E-state index in [1.54, 1.807) is 17.6 Å². The Hall–Kier alpha value is -3.76. The van der Waals surface area contributed by atoms with Gasteiger partial charge in [-0.15, -0.1) is 16.4 Å². The summed E-state index contributed by atoms with van der Waals surface area (Å²) >= 11 is 1.67. The molecule has 0 saturated heterocycles. The monoisotopic (exact) mass is 532 g/mol. The lowest BCUT2D eigenvalue weighted by Gasteiger charge is -2.33. The molecular weight excluding hydrogens is 500 g/mol. The van der Waals surface area contributed by atoms with Gasteiger partial charge in [-0.05, 0) is 85.5 Å². The lowest BCUT2D eigenvalue weighted by Crippen LogP contribution is -2.37. The van der Waals surface area contributed by atoms with Crippen molar-refractivity contribution < 1.29 is 9.15 Å². The van der Waals surface area contributed by atoms with Crippen LogP contribution in [0.4, 0.5) is 0 Å². The number of aromatic nitrogens is 5. The van der Waals surface area contributed by atoms with Gasteiger partial charge in [0.15, 0.2) is 5.82 Å². The van der Waals surface area contributed by atoms with E-state index in [-0.39, 0.29) is 11.1 Å². The number of hydrogen-bond acceptors (Lipinski definition) is 8. The Morgan fingerprint density at radius 3 is 2.74 bits per heavy atom. The molecule has 0 saturated carbocycles. The number of hydrogen-bond donors (Lipinski definition) is 1. The Balaban J connectivity index is 1.72. The van der Waals surface area contributed by atoms with Crippen molar-refractivity contribution in [3.63, 3.8) is 0 Å². The van der Waals surface area contributed by atoms with Crippen LogP contribution in [0.15, 0.2) is 69.4 Å². The van der Waals surface area contributed by atoms with Gasteiger partial charge in [0.2, 0.25) is 0 Å². The molecule has 0 fully saturated rings. The van der Waals surface area contributed by atoms with E-state index < -0.39 is 6.04 Å². The minimum Gasteiger partial charge on any atom is -0.494 e. The first-order valence-electron chi connectivity index (χ1n) is 12.8. The van der Waals surface area contributed by atoms with Gasteiger partial charge < -0.3 is 14.1 Å². The summed E-state index contributed by atoms with van der Waals surface area (Å²) in [5.41, 5.74) is 0.746. The van der Waals surface area contributed by atoms with Gasteiger partial charge in [-0.2, -0.15) is 0 Å². The fourth-order valence-electron chi connectivity index (χ4n) is 4.55. The molecule has 198 valence electrons. The molecule has 4 aromatic heterocycles. The second-order valence-electron chi connectivity index (χ2n) is 9.82. The van der Waals surface area contributed by atoms with Crippen LogP contribution in [0.5, 0.6) is 5.75 Å². The Labute approximate surface area is 225 Å². The third-order valence-electron chi connectivity index (χ3n) is 6.87. The van der Waals surface area contributed by atoms with Crippen LogP contribution in [0.3, 0.4) is 0 Å². The zero-order valence-electron chi connectivity index (χ0n) is 22.0. The van der Waals surface area contributed by atoms with E-state index >= 15 is 0 Å². The van der Waals surface area contributed by atoms with Crippen LogP contribution < -0.4 is 10.3 Å². The molecular formula is C28H32N6O3S. The quantitative estimate of drug-likeness (QED) is 0.239. The number of tetrazole rings is 1. The molecule has 0 spiro atoms. The first-order valence-corrected chi connectivity index (χ1v) is 13.6. The van der Waals surface area contributed by atoms with Crippen molar-refractivity contribution in [1.29, 1.82) is 0 Å². The van der Waals surface area contributed by atoms with Gasteiger partial charge in [-0.1, -0.05) is 13.0 Å². The van der Waals surface area contributed by atoms with Crippen LogP contribution >= 0.6 is 11.3 Å². The fraction of sp³-hybridized carbons (Fsp3) is 0.357. The van der Waals surface area contributed by atoms with Gasteiger partial charge in [0.25, 0.3) is 5.56 Å². The Kier molecular flexibility index (Phi) is 7.44. The molecule has 0 radical (unpaired) electrons. The molecule has 10 heteroatoms. The molecule has 0 aliphatic heterocycles. The van der Waals surface area contributed by atoms with Gasteiger partial charge in [0.05, 0.1) is 25.0 Å². The van der Waals surface area contributed by atoms with Crippen LogP contribution in [-0.2, 0) is 18.6 Å². The van der Waals surface area contributed by atoms with Crippen LogP contribution in [0.2, 0.25) is 0 Å². The maximum atomic E-state index is 13.7. The standard InChI is InChI=1S/C28H32N6O3S/c1-5-28(3,4)34-26(30-31-32-34)25(33(17-21-9-7-13-37-21)18-22-10-8-14-38-22)23-16-19-15-20(36-6-2)11-12-24(19)29-27(23)35/h7-16,25H,5-6,17-18H2,1-4H3,(H,29,35). The maximum Gasteiger partial charge on any atom is 0.253 e. The topological polar surface area (TPSA) is 102 Å². The Morgan fingerprint density at radius 2 is 2.03 bits per heavy atom. The lowest BCUT2D eigenvalue weighted by molar-refractivity contribution is 0.169. The van der Waals surface area contributed by atoms with Crippen molar-refractivity contribution in [3.8, 4) is 5.75 Å². The number of furan rings is 1. The molecule has 9 nitrogen and oxygen atoms in total. The first-order chi connectivity index (χ1) is 18.4. The summed E-state index contributed by atoms with van der Waals surface area (Å²) in [6.07, 6.45) is 2.47. The van der Waals surface area contributed by atoms with E-state index in [2.05, 4.69) is 57.6 Å².